The summed E-state index contributed by atoms with van der Waals surface area (Å²) in [5.74, 6) is 0. The first-order valence-electron chi connectivity index (χ1n) is 6.17. The van der Waals surface area contributed by atoms with Crippen molar-refractivity contribution in [1.82, 2.24) is 9.55 Å². The Kier molecular flexibility index (Phi) is 2.72. The molecule has 4 N–H and O–H groups in total. The molecule has 1 aromatic heterocycles. The molecule has 4 heteroatoms. The van der Waals surface area contributed by atoms with E-state index in [-0.39, 0.29) is 6.04 Å². The molecular weight excluding hydrogens is 236 g/mol. The van der Waals surface area contributed by atoms with E-state index in [4.69, 9.17) is 11.5 Å². The van der Waals surface area contributed by atoms with Crippen molar-refractivity contribution in [3.8, 4) is 0 Å². The average molecular weight is 252 g/mol. The monoisotopic (exact) mass is 252 g/mol. The summed E-state index contributed by atoms with van der Waals surface area (Å²) in [7, 11) is 1.98. The van der Waals surface area contributed by atoms with Crippen molar-refractivity contribution in [1.29, 1.82) is 0 Å². The lowest BCUT2D eigenvalue weighted by Gasteiger charge is -2.13. The highest BCUT2D eigenvalue weighted by Gasteiger charge is 2.10. The van der Waals surface area contributed by atoms with Gasteiger partial charge in [0, 0.05) is 12.7 Å². The van der Waals surface area contributed by atoms with Gasteiger partial charge in [-0.2, -0.15) is 0 Å². The molecule has 0 aliphatic heterocycles. The normalized spacial score (nSPS) is 12.7. The molecule has 0 radical (unpaired) electrons. The summed E-state index contributed by atoms with van der Waals surface area (Å²) in [5, 5.41) is 0. The van der Waals surface area contributed by atoms with Crippen LogP contribution in [0.1, 0.15) is 17.2 Å². The molecule has 1 unspecified atom stereocenters. The fraction of sp³-hybridized carbons (Fsp3) is 0.133. The maximum atomic E-state index is 6.29. The molecule has 0 fully saturated rings. The quantitative estimate of drug-likeness (QED) is 0.687. The molecule has 2 aromatic carbocycles. The van der Waals surface area contributed by atoms with Crippen LogP contribution in [0.25, 0.3) is 11.0 Å². The summed E-state index contributed by atoms with van der Waals surface area (Å²) in [5.41, 5.74) is 16.9. The van der Waals surface area contributed by atoms with Gasteiger partial charge in [-0.05, 0) is 35.4 Å². The van der Waals surface area contributed by atoms with Crippen molar-refractivity contribution in [2.45, 2.75) is 6.04 Å². The number of imidazole rings is 1. The Morgan fingerprint density at radius 3 is 2.68 bits per heavy atom. The van der Waals surface area contributed by atoms with Crippen LogP contribution < -0.4 is 11.5 Å². The van der Waals surface area contributed by atoms with Crippen LogP contribution in [0.5, 0.6) is 0 Å². The Bertz CT molecular complexity index is 730. The molecule has 0 aliphatic rings. The van der Waals surface area contributed by atoms with Crippen molar-refractivity contribution >= 4 is 16.7 Å². The van der Waals surface area contributed by atoms with E-state index in [1.165, 1.54) is 0 Å². The van der Waals surface area contributed by atoms with Gasteiger partial charge in [-0.25, -0.2) is 4.98 Å². The van der Waals surface area contributed by atoms with Gasteiger partial charge in [0.15, 0.2) is 0 Å². The highest BCUT2D eigenvalue weighted by atomic mass is 15.0. The van der Waals surface area contributed by atoms with E-state index in [0.29, 0.717) is 0 Å². The van der Waals surface area contributed by atoms with Gasteiger partial charge in [-0.1, -0.05) is 18.2 Å². The van der Waals surface area contributed by atoms with Crippen LogP contribution in [0.3, 0.4) is 0 Å². The van der Waals surface area contributed by atoms with E-state index in [1.54, 1.807) is 6.33 Å². The summed E-state index contributed by atoms with van der Waals surface area (Å²) in [6, 6.07) is 13.6. The SMILES string of the molecule is Cn1cnc2cc(C(N)c3cccc(N)c3)ccc21. The lowest BCUT2D eigenvalue weighted by Crippen LogP contribution is -2.12. The number of nitrogens with zero attached hydrogens (tertiary/aromatic N) is 2. The summed E-state index contributed by atoms with van der Waals surface area (Å²) in [6.45, 7) is 0. The molecule has 19 heavy (non-hydrogen) atoms. The molecular formula is C15H16N4. The van der Waals surface area contributed by atoms with Gasteiger partial charge in [0.1, 0.15) is 0 Å². The molecule has 0 spiro atoms. The van der Waals surface area contributed by atoms with Crippen molar-refractivity contribution in [2.24, 2.45) is 12.8 Å². The molecule has 0 bridgehead atoms. The van der Waals surface area contributed by atoms with Crippen molar-refractivity contribution in [3.05, 3.63) is 59.9 Å². The van der Waals surface area contributed by atoms with Gasteiger partial charge >= 0.3 is 0 Å². The van der Waals surface area contributed by atoms with Crippen LogP contribution in [-0.2, 0) is 7.05 Å². The topological polar surface area (TPSA) is 69.9 Å². The fourth-order valence-electron chi connectivity index (χ4n) is 2.29. The number of nitrogen functional groups attached to an aromatic ring is 1. The molecule has 4 nitrogen and oxygen atoms in total. The average Bonchev–Trinajstić information content (AvgIpc) is 2.79. The number of rotatable bonds is 2. The molecule has 0 saturated carbocycles. The summed E-state index contributed by atoms with van der Waals surface area (Å²) < 4.78 is 1.99. The van der Waals surface area contributed by atoms with E-state index in [1.807, 2.05) is 54.1 Å². The van der Waals surface area contributed by atoms with Gasteiger partial charge < -0.3 is 16.0 Å². The third-order valence-electron chi connectivity index (χ3n) is 3.38. The zero-order valence-corrected chi connectivity index (χ0v) is 10.7. The highest BCUT2D eigenvalue weighted by Crippen LogP contribution is 2.24. The number of benzene rings is 2. The molecule has 1 heterocycles. The third kappa shape index (κ3) is 2.06. The first kappa shape index (κ1) is 11.7. The van der Waals surface area contributed by atoms with Gasteiger partial charge in [0.25, 0.3) is 0 Å². The summed E-state index contributed by atoms with van der Waals surface area (Å²) in [6.07, 6.45) is 1.81. The van der Waals surface area contributed by atoms with E-state index in [2.05, 4.69) is 4.98 Å². The van der Waals surface area contributed by atoms with Crippen LogP contribution in [0.2, 0.25) is 0 Å². The number of anilines is 1. The lowest BCUT2D eigenvalue weighted by atomic mass is 9.99. The zero-order chi connectivity index (χ0) is 13.4. The maximum Gasteiger partial charge on any atom is 0.0955 e. The Morgan fingerprint density at radius 1 is 1.11 bits per heavy atom. The minimum atomic E-state index is -0.185. The van der Waals surface area contributed by atoms with Gasteiger partial charge in [-0.15, -0.1) is 0 Å². The zero-order valence-electron chi connectivity index (χ0n) is 10.7. The predicted octanol–water partition coefficient (Wildman–Crippen LogP) is 2.20. The first-order valence-corrected chi connectivity index (χ1v) is 6.17. The van der Waals surface area contributed by atoms with Crippen molar-refractivity contribution < 1.29 is 0 Å². The second-order valence-corrected chi connectivity index (χ2v) is 4.75. The first-order chi connectivity index (χ1) is 9.15. The molecule has 3 aromatic rings. The minimum absolute atomic E-state index is 0.185. The Balaban J connectivity index is 2.03. The van der Waals surface area contributed by atoms with Crippen molar-refractivity contribution in [2.75, 3.05) is 5.73 Å². The van der Waals surface area contributed by atoms with Crippen LogP contribution >= 0.6 is 0 Å². The largest absolute Gasteiger partial charge is 0.399 e. The maximum absolute atomic E-state index is 6.29. The van der Waals surface area contributed by atoms with Gasteiger partial charge in [0.2, 0.25) is 0 Å². The molecule has 3 rings (SSSR count). The number of aryl methyl sites for hydroxylation is 1. The highest BCUT2D eigenvalue weighted by molar-refractivity contribution is 5.76. The second-order valence-electron chi connectivity index (χ2n) is 4.75. The summed E-state index contributed by atoms with van der Waals surface area (Å²) >= 11 is 0. The van der Waals surface area contributed by atoms with Crippen LogP contribution in [0.4, 0.5) is 5.69 Å². The van der Waals surface area contributed by atoms with E-state index in [0.717, 1.165) is 27.8 Å². The molecule has 0 amide bonds. The Morgan fingerprint density at radius 2 is 1.89 bits per heavy atom. The van der Waals surface area contributed by atoms with Gasteiger partial charge in [-0.3, -0.25) is 0 Å². The van der Waals surface area contributed by atoms with Gasteiger partial charge in [0.05, 0.1) is 23.4 Å². The van der Waals surface area contributed by atoms with E-state index in [9.17, 15) is 0 Å². The number of fused-ring (bicyclic) bond motifs is 1. The number of hydrogen-bond donors (Lipinski definition) is 2. The lowest BCUT2D eigenvalue weighted by molar-refractivity contribution is 0.873. The standard InChI is InChI=1S/C15H16N4/c1-19-9-18-13-8-11(5-6-14(13)19)15(17)10-3-2-4-12(16)7-10/h2-9,15H,16-17H2,1H3. The smallest absolute Gasteiger partial charge is 0.0955 e. The van der Waals surface area contributed by atoms with E-state index < -0.39 is 0 Å². The van der Waals surface area contributed by atoms with Crippen LogP contribution in [0, 0.1) is 0 Å². The molecule has 1 atom stereocenters. The predicted molar refractivity (Wildman–Crippen MR) is 77.6 cm³/mol. The summed E-state index contributed by atoms with van der Waals surface area (Å²) in [4.78, 5) is 4.36. The van der Waals surface area contributed by atoms with Crippen molar-refractivity contribution in [3.63, 3.8) is 0 Å². The molecule has 0 aliphatic carbocycles. The Hall–Kier alpha value is -2.33. The third-order valence-corrected chi connectivity index (χ3v) is 3.38. The van der Waals surface area contributed by atoms with Crippen LogP contribution in [-0.4, -0.2) is 9.55 Å². The molecule has 0 saturated heterocycles. The van der Waals surface area contributed by atoms with E-state index >= 15 is 0 Å². The number of aromatic nitrogens is 2. The molecule has 96 valence electrons. The second kappa shape index (κ2) is 4.40. The fourth-order valence-corrected chi connectivity index (χ4v) is 2.29. The minimum Gasteiger partial charge on any atom is -0.399 e. The van der Waals surface area contributed by atoms with Crippen LogP contribution in [0.15, 0.2) is 48.8 Å². The number of hydrogen-bond acceptors (Lipinski definition) is 3. The number of nitrogens with two attached hydrogens (primary N) is 2. The Labute approximate surface area is 111 Å².